The first kappa shape index (κ1) is 8.96. The molecule has 0 radical (unpaired) electrons. The minimum absolute atomic E-state index is 0.194. The fraction of sp³-hybridized carbons (Fsp3) is 0.125. The maximum Gasteiger partial charge on any atom is 0.248 e. The Morgan fingerprint density at radius 1 is 1.75 bits per heavy atom. The second-order valence-corrected chi connectivity index (χ2v) is 3.33. The molecule has 0 fully saturated rings. The lowest BCUT2D eigenvalue weighted by Gasteiger charge is -1.94. The van der Waals surface area contributed by atoms with Gasteiger partial charge in [-0.1, -0.05) is 6.58 Å². The van der Waals surface area contributed by atoms with E-state index in [2.05, 4.69) is 11.9 Å². The largest absolute Gasteiger partial charge is 0.326 e. The molecule has 1 heterocycles. The third-order valence-electron chi connectivity index (χ3n) is 1.29. The smallest absolute Gasteiger partial charge is 0.248 e. The number of anilines is 1. The van der Waals surface area contributed by atoms with Crippen LogP contribution >= 0.6 is 11.3 Å². The number of rotatable bonds is 3. The molecule has 0 saturated heterocycles. The molecule has 0 saturated carbocycles. The number of carbonyl (C=O) groups is 1. The molecule has 3 N–H and O–H groups in total. The minimum Gasteiger partial charge on any atom is -0.326 e. The van der Waals surface area contributed by atoms with Gasteiger partial charge in [0.15, 0.2) is 0 Å². The van der Waals surface area contributed by atoms with Crippen LogP contribution in [-0.2, 0) is 11.3 Å². The van der Waals surface area contributed by atoms with Gasteiger partial charge in [0.1, 0.15) is 0 Å². The lowest BCUT2D eigenvalue weighted by atomic mass is 10.4. The lowest BCUT2D eigenvalue weighted by molar-refractivity contribution is -0.111. The molecule has 1 aromatic rings. The third kappa shape index (κ3) is 2.18. The van der Waals surface area contributed by atoms with Gasteiger partial charge in [-0.3, -0.25) is 4.79 Å². The number of nitrogens with one attached hydrogen (secondary N) is 1. The highest BCUT2D eigenvalue weighted by Crippen LogP contribution is 2.20. The predicted molar refractivity (Wildman–Crippen MR) is 51.0 cm³/mol. The Kier molecular flexibility index (Phi) is 3.01. The molecular weight excluding hydrogens is 172 g/mol. The number of hydrogen-bond donors (Lipinski definition) is 2. The predicted octanol–water partition coefficient (Wildman–Crippen LogP) is 1.33. The second kappa shape index (κ2) is 4.04. The number of amides is 1. The minimum atomic E-state index is -0.194. The Bertz CT molecular complexity index is 293. The summed E-state index contributed by atoms with van der Waals surface area (Å²) < 4.78 is 0. The highest BCUT2D eigenvalue weighted by molar-refractivity contribution is 7.16. The van der Waals surface area contributed by atoms with Crippen molar-refractivity contribution in [1.82, 2.24) is 0 Å². The summed E-state index contributed by atoms with van der Waals surface area (Å²) in [5.41, 5.74) is 5.40. The number of hydrogen-bond acceptors (Lipinski definition) is 3. The maximum absolute atomic E-state index is 10.8. The van der Waals surface area contributed by atoms with Gasteiger partial charge in [0.2, 0.25) is 5.91 Å². The van der Waals surface area contributed by atoms with Crippen LogP contribution in [0.25, 0.3) is 0 Å². The van der Waals surface area contributed by atoms with Gasteiger partial charge in [-0.2, -0.15) is 0 Å². The van der Waals surface area contributed by atoms with E-state index in [1.807, 2.05) is 12.1 Å². The van der Waals surface area contributed by atoms with Crippen LogP contribution in [0.15, 0.2) is 24.8 Å². The number of nitrogens with two attached hydrogens (primary N) is 1. The summed E-state index contributed by atoms with van der Waals surface area (Å²) in [4.78, 5) is 11.9. The molecule has 0 spiro atoms. The van der Waals surface area contributed by atoms with Crippen molar-refractivity contribution < 1.29 is 4.79 Å². The molecule has 1 rings (SSSR count). The summed E-state index contributed by atoms with van der Waals surface area (Å²) in [5.74, 6) is -0.194. The van der Waals surface area contributed by atoms with Crippen molar-refractivity contribution in [1.29, 1.82) is 0 Å². The van der Waals surface area contributed by atoms with Gasteiger partial charge < -0.3 is 11.1 Å². The number of carbonyl (C=O) groups excluding carboxylic acids is 1. The fourth-order valence-corrected chi connectivity index (χ4v) is 1.52. The van der Waals surface area contributed by atoms with E-state index < -0.39 is 0 Å². The Labute approximate surface area is 74.9 Å². The van der Waals surface area contributed by atoms with Crippen LogP contribution in [0.3, 0.4) is 0 Å². The van der Waals surface area contributed by atoms with Crippen LogP contribution in [0.4, 0.5) is 5.00 Å². The highest BCUT2D eigenvalue weighted by Gasteiger charge is 1.99. The number of thiophene rings is 1. The Morgan fingerprint density at radius 2 is 2.50 bits per heavy atom. The van der Waals surface area contributed by atoms with Crippen molar-refractivity contribution in [2.45, 2.75) is 6.54 Å². The summed E-state index contributed by atoms with van der Waals surface area (Å²) in [6.45, 7) is 3.86. The van der Waals surface area contributed by atoms with Crippen LogP contribution in [0.2, 0.25) is 0 Å². The van der Waals surface area contributed by atoms with E-state index >= 15 is 0 Å². The molecule has 0 aromatic carbocycles. The van der Waals surface area contributed by atoms with Crippen molar-refractivity contribution >= 4 is 22.2 Å². The Morgan fingerprint density at radius 3 is 3.00 bits per heavy atom. The summed E-state index contributed by atoms with van der Waals surface area (Å²) in [6.07, 6.45) is 1.24. The van der Waals surface area contributed by atoms with E-state index in [1.165, 1.54) is 17.4 Å². The summed E-state index contributed by atoms with van der Waals surface area (Å²) >= 11 is 1.47. The molecule has 3 nitrogen and oxygen atoms in total. The molecule has 1 amide bonds. The molecule has 64 valence electrons. The van der Waals surface area contributed by atoms with Crippen LogP contribution in [-0.4, -0.2) is 5.91 Å². The fourth-order valence-electron chi connectivity index (χ4n) is 0.727. The zero-order valence-corrected chi connectivity index (χ0v) is 7.36. The molecule has 12 heavy (non-hydrogen) atoms. The van der Waals surface area contributed by atoms with Gasteiger partial charge >= 0.3 is 0 Å². The van der Waals surface area contributed by atoms with Crippen molar-refractivity contribution in [2.75, 3.05) is 5.32 Å². The van der Waals surface area contributed by atoms with Crippen LogP contribution < -0.4 is 11.1 Å². The van der Waals surface area contributed by atoms with Gasteiger partial charge in [0.25, 0.3) is 0 Å². The average molecular weight is 182 g/mol. The zero-order chi connectivity index (χ0) is 8.97. The van der Waals surface area contributed by atoms with Crippen LogP contribution in [0, 0.1) is 0 Å². The quantitative estimate of drug-likeness (QED) is 0.693. The van der Waals surface area contributed by atoms with Gasteiger partial charge in [-0.15, -0.1) is 11.3 Å². The molecule has 4 heteroatoms. The van der Waals surface area contributed by atoms with Crippen LogP contribution in [0.1, 0.15) is 4.88 Å². The van der Waals surface area contributed by atoms with Gasteiger partial charge in [-0.25, -0.2) is 0 Å². The molecule has 0 aliphatic carbocycles. The highest BCUT2D eigenvalue weighted by atomic mass is 32.1. The maximum atomic E-state index is 10.8. The van der Waals surface area contributed by atoms with Crippen molar-refractivity contribution in [3.63, 3.8) is 0 Å². The first-order valence-corrected chi connectivity index (χ1v) is 4.30. The van der Waals surface area contributed by atoms with E-state index in [-0.39, 0.29) is 5.91 Å². The van der Waals surface area contributed by atoms with Crippen molar-refractivity contribution in [3.8, 4) is 0 Å². The van der Waals surface area contributed by atoms with Crippen molar-refractivity contribution in [3.05, 3.63) is 29.7 Å². The van der Waals surface area contributed by atoms with Gasteiger partial charge in [0, 0.05) is 11.4 Å². The molecule has 0 aliphatic heterocycles. The standard InChI is InChI=1S/C8H10N2OS/c1-2-7(11)10-8-4-3-6(5-9)12-8/h2-4H,1,5,9H2,(H,10,11). The van der Waals surface area contributed by atoms with Gasteiger partial charge in [0.05, 0.1) is 5.00 Å². The topological polar surface area (TPSA) is 55.1 Å². The average Bonchev–Trinajstić information content (AvgIpc) is 2.52. The Balaban J connectivity index is 2.63. The zero-order valence-electron chi connectivity index (χ0n) is 6.54. The Hall–Kier alpha value is -1.13. The van der Waals surface area contributed by atoms with Gasteiger partial charge in [-0.05, 0) is 18.2 Å². The van der Waals surface area contributed by atoms with E-state index in [1.54, 1.807) is 0 Å². The molecule has 1 aromatic heterocycles. The molecule has 0 bridgehead atoms. The monoisotopic (exact) mass is 182 g/mol. The molecule has 0 unspecified atom stereocenters. The van der Waals surface area contributed by atoms with Crippen molar-refractivity contribution in [2.24, 2.45) is 5.73 Å². The first-order chi connectivity index (χ1) is 5.76. The van der Waals surface area contributed by atoms with E-state index in [0.717, 1.165) is 9.88 Å². The van der Waals surface area contributed by atoms with E-state index in [9.17, 15) is 4.79 Å². The summed E-state index contributed by atoms with van der Waals surface area (Å²) in [5, 5.41) is 3.46. The molecular formula is C8H10N2OS. The van der Waals surface area contributed by atoms with E-state index in [4.69, 9.17) is 5.73 Å². The summed E-state index contributed by atoms with van der Waals surface area (Å²) in [6, 6.07) is 3.72. The third-order valence-corrected chi connectivity index (χ3v) is 2.32. The summed E-state index contributed by atoms with van der Waals surface area (Å²) in [7, 11) is 0. The lowest BCUT2D eigenvalue weighted by Crippen LogP contribution is -2.05. The van der Waals surface area contributed by atoms with E-state index in [0.29, 0.717) is 6.54 Å². The normalized spacial score (nSPS) is 9.42. The molecule has 0 aliphatic rings. The SMILES string of the molecule is C=CC(=O)Nc1ccc(CN)s1. The molecule has 0 atom stereocenters. The second-order valence-electron chi connectivity index (χ2n) is 2.16. The first-order valence-electron chi connectivity index (χ1n) is 3.48. The van der Waals surface area contributed by atoms with Crippen LogP contribution in [0.5, 0.6) is 0 Å².